The van der Waals surface area contributed by atoms with Gasteiger partial charge in [-0.25, -0.2) is 4.98 Å². The molecule has 0 N–H and O–H groups in total. The van der Waals surface area contributed by atoms with Gasteiger partial charge in [-0.15, -0.1) is 0 Å². The Morgan fingerprint density at radius 3 is 3.00 bits per heavy atom. The molecule has 0 aliphatic heterocycles. The van der Waals surface area contributed by atoms with Gasteiger partial charge in [-0.3, -0.25) is 0 Å². The number of ether oxygens (including phenoxy) is 1. The number of rotatable bonds is 3. The molecule has 4 nitrogen and oxygen atoms in total. The molecule has 1 aromatic heterocycles. The van der Waals surface area contributed by atoms with E-state index in [0.717, 1.165) is 16.9 Å². The molecule has 0 saturated heterocycles. The first-order valence-electron chi connectivity index (χ1n) is 4.67. The normalized spacial score (nSPS) is 10.4. The zero-order valence-electron chi connectivity index (χ0n) is 8.47. The van der Waals surface area contributed by atoms with Crippen molar-refractivity contribution in [1.82, 2.24) is 9.55 Å². The van der Waals surface area contributed by atoms with Crippen molar-refractivity contribution in [3.8, 4) is 6.07 Å². The van der Waals surface area contributed by atoms with Crippen molar-refractivity contribution < 1.29 is 4.74 Å². The van der Waals surface area contributed by atoms with E-state index in [4.69, 9.17) is 10.00 Å². The minimum atomic E-state index is 0.305. The molecule has 0 fully saturated rings. The Hall–Kier alpha value is -1.86. The van der Waals surface area contributed by atoms with Crippen molar-refractivity contribution in [3.05, 3.63) is 30.1 Å². The highest BCUT2D eigenvalue weighted by Crippen LogP contribution is 2.16. The largest absolute Gasteiger partial charge is 0.377 e. The van der Waals surface area contributed by atoms with E-state index in [1.165, 1.54) is 0 Å². The van der Waals surface area contributed by atoms with Crippen LogP contribution in [0.2, 0.25) is 0 Å². The molecule has 0 radical (unpaired) electrons. The van der Waals surface area contributed by atoms with E-state index in [0.29, 0.717) is 13.2 Å². The highest BCUT2D eigenvalue weighted by Gasteiger charge is 2.08. The molecule has 0 saturated carbocycles. The van der Waals surface area contributed by atoms with Crippen molar-refractivity contribution in [2.24, 2.45) is 0 Å². The van der Waals surface area contributed by atoms with Gasteiger partial charge in [0.25, 0.3) is 0 Å². The SMILES string of the molecule is COCc1nc2ccccc2n1CC#N. The van der Waals surface area contributed by atoms with Crippen molar-refractivity contribution in [1.29, 1.82) is 5.26 Å². The van der Waals surface area contributed by atoms with E-state index in [9.17, 15) is 0 Å². The highest BCUT2D eigenvalue weighted by atomic mass is 16.5. The Morgan fingerprint density at radius 1 is 1.47 bits per heavy atom. The van der Waals surface area contributed by atoms with Gasteiger partial charge < -0.3 is 9.30 Å². The number of methoxy groups -OCH3 is 1. The summed E-state index contributed by atoms with van der Waals surface area (Å²) in [5.74, 6) is 0.792. The number of nitrogens with zero attached hydrogens (tertiary/aromatic N) is 3. The minimum Gasteiger partial charge on any atom is -0.377 e. The van der Waals surface area contributed by atoms with E-state index in [2.05, 4.69) is 11.1 Å². The first-order chi connectivity index (χ1) is 7.36. The summed E-state index contributed by atoms with van der Waals surface area (Å²) in [6, 6.07) is 9.89. The van der Waals surface area contributed by atoms with E-state index < -0.39 is 0 Å². The van der Waals surface area contributed by atoms with Crippen LogP contribution in [0.4, 0.5) is 0 Å². The fourth-order valence-electron chi connectivity index (χ4n) is 1.61. The van der Waals surface area contributed by atoms with E-state index in [-0.39, 0.29) is 0 Å². The Bertz CT molecular complexity index is 510. The summed E-state index contributed by atoms with van der Waals surface area (Å²) in [6.07, 6.45) is 0. The van der Waals surface area contributed by atoms with Gasteiger partial charge in [0.1, 0.15) is 19.0 Å². The van der Waals surface area contributed by atoms with Crippen LogP contribution in [0.5, 0.6) is 0 Å². The average molecular weight is 201 g/mol. The van der Waals surface area contributed by atoms with Crippen molar-refractivity contribution in [2.75, 3.05) is 7.11 Å². The smallest absolute Gasteiger partial charge is 0.136 e. The average Bonchev–Trinajstić information content (AvgIpc) is 2.59. The maximum absolute atomic E-state index is 8.75. The van der Waals surface area contributed by atoms with E-state index in [1.54, 1.807) is 7.11 Å². The zero-order valence-corrected chi connectivity index (χ0v) is 8.47. The molecule has 1 heterocycles. The van der Waals surface area contributed by atoms with Crippen molar-refractivity contribution >= 4 is 11.0 Å². The summed E-state index contributed by atoms with van der Waals surface area (Å²) < 4.78 is 6.93. The number of para-hydroxylation sites is 2. The van der Waals surface area contributed by atoms with Crippen LogP contribution in [0, 0.1) is 11.3 Å². The quantitative estimate of drug-likeness (QED) is 0.759. The standard InChI is InChI=1S/C11H11N3O/c1-15-8-11-13-9-4-2-3-5-10(9)14(11)7-6-12/h2-5H,7-8H2,1H3. The second-order valence-corrected chi connectivity index (χ2v) is 3.19. The van der Waals surface area contributed by atoms with Crippen molar-refractivity contribution in [3.63, 3.8) is 0 Å². The molecular formula is C11H11N3O. The lowest BCUT2D eigenvalue weighted by atomic mass is 10.3. The summed E-state index contributed by atoms with van der Waals surface area (Å²) in [5.41, 5.74) is 1.88. The summed E-state index contributed by atoms with van der Waals surface area (Å²) in [6.45, 7) is 0.732. The second kappa shape index (κ2) is 4.11. The van der Waals surface area contributed by atoms with Gasteiger partial charge in [0, 0.05) is 7.11 Å². The van der Waals surface area contributed by atoms with Crippen LogP contribution in [-0.2, 0) is 17.9 Å². The van der Waals surface area contributed by atoms with Gasteiger partial charge in [0.05, 0.1) is 17.1 Å². The van der Waals surface area contributed by atoms with Gasteiger partial charge in [-0.05, 0) is 12.1 Å². The third-order valence-corrected chi connectivity index (χ3v) is 2.24. The van der Waals surface area contributed by atoms with Crippen LogP contribution in [0.15, 0.2) is 24.3 Å². The predicted octanol–water partition coefficient (Wildman–Crippen LogP) is 1.71. The molecular weight excluding hydrogens is 190 g/mol. The monoisotopic (exact) mass is 201 g/mol. The second-order valence-electron chi connectivity index (χ2n) is 3.19. The molecule has 0 amide bonds. The van der Waals surface area contributed by atoms with Gasteiger partial charge in [0.2, 0.25) is 0 Å². The molecule has 2 rings (SSSR count). The maximum Gasteiger partial charge on any atom is 0.136 e. The summed E-state index contributed by atoms with van der Waals surface area (Å²) in [7, 11) is 1.62. The molecule has 4 heteroatoms. The molecule has 0 aliphatic carbocycles. The number of aromatic nitrogens is 2. The van der Waals surface area contributed by atoms with Crippen LogP contribution < -0.4 is 0 Å². The van der Waals surface area contributed by atoms with Crippen LogP contribution in [-0.4, -0.2) is 16.7 Å². The predicted molar refractivity (Wildman–Crippen MR) is 56.1 cm³/mol. The van der Waals surface area contributed by atoms with Gasteiger partial charge in [-0.1, -0.05) is 12.1 Å². The molecule has 1 aromatic carbocycles. The number of hydrogen-bond donors (Lipinski definition) is 0. The lowest BCUT2D eigenvalue weighted by Gasteiger charge is -2.02. The molecule has 0 spiro atoms. The number of hydrogen-bond acceptors (Lipinski definition) is 3. The number of nitriles is 1. The van der Waals surface area contributed by atoms with Crippen LogP contribution in [0.3, 0.4) is 0 Å². The number of fused-ring (bicyclic) bond motifs is 1. The Balaban J connectivity index is 2.59. The topological polar surface area (TPSA) is 50.8 Å². The van der Waals surface area contributed by atoms with Gasteiger partial charge in [0.15, 0.2) is 0 Å². The summed E-state index contributed by atoms with van der Waals surface area (Å²) in [5, 5.41) is 8.75. The van der Waals surface area contributed by atoms with Gasteiger partial charge >= 0.3 is 0 Å². The minimum absolute atomic E-state index is 0.305. The molecule has 2 aromatic rings. The van der Waals surface area contributed by atoms with Crippen molar-refractivity contribution in [2.45, 2.75) is 13.2 Å². The molecule has 15 heavy (non-hydrogen) atoms. The molecule has 0 aliphatic rings. The van der Waals surface area contributed by atoms with Crippen LogP contribution >= 0.6 is 0 Å². The molecule has 0 unspecified atom stereocenters. The fraction of sp³-hybridized carbons (Fsp3) is 0.273. The summed E-state index contributed by atoms with van der Waals surface area (Å²) >= 11 is 0. The van der Waals surface area contributed by atoms with Crippen LogP contribution in [0.1, 0.15) is 5.82 Å². The zero-order chi connectivity index (χ0) is 10.7. The Morgan fingerprint density at radius 2 is 2.27 bits per heavy atom. The third kappa shape index (κ3) is 1.69. The molecule has 76 valence electrons. The first-order valence-corrected chi connectivity index (χ1v) is 4.67. The lowest BCUT2D eigenvalue weighted by molar-refractivity contribution is 0.175. The number of imidazole rings is 1. The maximum atomic E-state index is 8.75. The Labute approximate surface area is 87.7 Å². The van der Waals surface area contributed by atoms with E-state index >= 15 is 0 Å². The Kier molecular flexibility index (Phi) is 2.66. The van der Waals surface area contributed by atoms with Crippen LogP contribution in [0.25, 0.3) is 11.0 Å². The third-order valence-electron chi connectivity index (χ3n) is 2.24. The number of benzene rings is 1. The fourth-order valence-corrected chi connectivity index (χ4v) is 1.61. The summed E-state index contributed by atoms with van der Waals surface area (Å²) in [4.78, 5) is 4.41. The first kappa shape index (κ1) is 9.69. The van der Waals surface area contributed by atoms with E-state index in [1.807, 2.05) is 28.8 Å². The molecule has 0 atom stereocenters. The highest BCUT2D eigenvalue weighted by molar-refractivity contribution is 5.75. The van der Waals surface area contributed by atoms with Gasteiger partial charge in [-0.2, -0.15) is 5.26 Å². The molecule has 0 bridgehead atoms. The lowest BCUT2D eigenvalue weighted by Crippen LogP contribution is -2.03.